The zero-order valence-electron chi connectivity index (χ0n) is 14.6. The number of piperidine rings is 1. The van der Waals surface area contributed by atoms with Crippen LogP contribution in [-0.2, 0) is 14.8 Å². The number of carbonyl (C=O) groups is 1. The molecule has 140 valence electrons. The van der Waals surface area contributed by atoms with Crippen LogP contribution in [0.15, 0.2) is 34.4 Å². The lowest BCUT2D eigenvalue weighted by molar-refractivity contribution is -0.117. The van der Waals surface area contributed by atoms with Crippen LogP contribution in [0.3, 0.4) is 0 Å². The van der Waals surface area contributed by atoms with Gasteiger partial charge in [-0.25, -0.2) is 13.4 Å². The number of amides is 1. The van der Waals surface area contributed by atoms with Gasteiger partial charge in [0, 0.05) is 24.5 Å². The summed E-state index contributed by atoms with van der Waals surface area (Å²) in [6.07, 6.45) is 1.83. The van der Waals surface area contributed by atoms with Gasteiger partial charge in [0.15, 0.2) is 0 Å². The van der Waals surface area contributed by atoms with Crippen LogP contribution in [0.25, 0.3) is 10.6 Å². The number of nitrogens with one attached hydrogen (secondary N) is 1. The molecule has 2 aromatic rings. The number of aromatic nitrogens is 1. The van der Waals surface area contributed by atoms with Crippen molar-refractivity contribution in [3.63, 3.8) is 0 Å². The number of hydrogen-bond donors (Lipinski definition) is 1. The average Bonchev–Trinajstić information content (AvgIpc) is 3.25. The monoisotopic (exact) mass is 411 g/mol. The van der Waals surface area contributed by atoms with Crippen LogP contribution in [0.1, 0.15) is 18.4 Å². The first-order chi connectivity index (χ1) is 12.3. The second-order valence-electron chi connectivity index (χ2n) is 6.32. The molecule has 0 aliphatic carbocycles. The number of carbonyl (C=O) groups excluding carboxylic acids is 1. The molecule has 2 aromatic heterocycles. The lowest BCUT2D eigenvalue weighted by atomic mass is 9.95. The summed E-state index contributed by atoms with van der Waals surface area (Å²) in [5.41, 5.74) is 0.818. The van der Waals surface area contributed by atoms with Gasteiger partial charge in [-0.15, -0.1) is 22.7 Å². The average molecular weight is 412 g/mol. The molecule has 1 amide bonds. The Morgan fingerprint density at radius 2 is 2.23 bits per heavy atom. The highest BCUT2D eigenvalue weighted by atomic mass is 32.2. The zero-order chi connectivity index (χ0) is 18.9. The molecule has 3 heterocycles. The van der Waals surface area contributed by atoms with E-state index in [1.54, 1.807) is 17.4 Å². The fraction of sp³-hybridized carbons (Fsp3) is 0.412. The van der Waals surface area contributed by atoms with Gasteiger partial charge in [0.25, 0.3) is 10.0 Å². The van der Waals surface area contributed by atoms with Crippen LogP contribution < -0.4 is 5.32 Å². The van der Waals surface area contributed by atoms with Crippen LogP contribution in [0.4, 0.5) is 0 Å². The Morgan fingerprint density at radius 1 is 1.46 bits per heavy atom. The minimum absolute atomic E-state index is 0.0306. The van der Waals surface area contributed by atoms with Gasteiger partial charge in [0.1, 0.15) is 4.21 Å². The third-order valence-corrected chi connectivity index (χ3v) is 8.64. The summed E-state index contributed by atoms with van der Waals surface area (Å²) in [5, 5.41) is 5.77. The van der Waals surface area contributed by atoms with Gasteiger partial charge >= 0.3 is 0 Å². The summed E-state index contributed by atoms with van der Waals surface area (Å²) in [6, 6.07) is 3.43. The van der Waals surface area contributed by atoms with Crippen molar-refractivity contribution in [2.75, 3.05) is 13.1 Å². The van der Waals surface area contributed by atoms with E-state index in [4.69, 9.17) is 0 Å². The third kappa shape index (κ3) is 3.90. The van der Waals surface area contributed by atoms with Gasteiger partial charge in [-0.2, -0.15) is 4.31 Å². The van der Waals surface area contributed by atoms with Crippen molar-refractivity contribution in [2.24, 2.45) is 5.92 Å². The van der Waals surface area contributed by atoms with Crippen LogP contribution in [0, 0.1) is 12.8 Å². The Labute approximate surface area is 161 Å². The fourth-order valence-electron chi connectivity index (χ4n) is 2.98. The minimum atomic E-state index is -3.54. The molecule has 1 fully saturated rings. The second-order valence-corrected chi connectivity index (χ2v) is 10.6. The summed E-state index contributed by atoms with van der Waals surface area (Å²) in [4.78, 5) is 16.8. The van der Waals surface area contributed by atoms with Crippen molar-refractivity contribution in [1.29, 1.82) is 0 Å². The number of nitrogens with zero attached hydrogens (tertiary/aromatic N) is 2. The van der Waals surface area contributed by atoms with E-state index < -0.39 is 10.0 Å². The predicted molar refractivity (Wildman–Crippen MR) is 105 cm³/mol. The molecule has 0 saturated carbocycles. The Hall–Kier alpha value is -1.55. The van der Waals surface area contributed by atoms with E-state index in [9.17, 15) is 13.2 Å². The Balaban J connectivity index is 1.74. The largest absolute Gasteiger partial charge is 0.349 e. The Kier molecular flexibility index (Phi) is 5.61. The van der Waals surface area contributed by atoms with Crippen LogP contribution in [0.5, 0.6) is 0 Å². The molecule has 0 bridgehead atoms. The molecule has 2 atom stereocenters. The number of aryl methyl sites for hydroxylation is 1. The Morgan fingerprint density at radius 3 is 2.85 bits per heavy atom. The van der Waals surface area contributed by atoms with Gasteiger partial charge in [0.05, 0.1) is 15.6 Å². The predicted octanol–water partition coefficient (Wildman–Crippen LogP) is 2.88. The molecule has 26 heavy (non-hydrogen) atoms. The number of sulfonamides is 1. The summed E-state index contributed by atoms with van der Waals surface area (Å²) >= 11 is 2.79. The fourth-order valence-corrected chi connectivity index (χ4v) is 6.65. The normalized spacial score (nSPS) is 21.5. The van der Waals surface area contributed by atoms with Crippen molar-refractivity contribution in [3.05, 3.63) is 35.2 Å². The highest BCUT2D eigenvalue weighted by Crippen LogP contribution is 2.34. The molecule has 9 heteroatoms. The number of thiazole rings is 1. The third-order valence-electron chi connectivity index (χ3n) is 4.43. The van der Waals surface area contributed by atoms with Crippen molar-refractivity contribution >= 4 is 38.6 Å². The highest BCUT2D eigenvalue weighted by Gasteiger charge is 2.34. The first-order valence-corrected chi connectivity index (χ1v) is 11.4. The second kappa shape index (κ2) is 7.59. The molecule has 1 saturated heterocycles. The molecule has 1 aliphatic rings. The van der Waals surface area contributed by atoms with Gasteiger partial charge in [-0.05, 0) is 37.5 Å². The van der Waals surface area contributed by atoms with Gasteiger partial charge in [0.2, 0.25) is 5.91 Å². The molecular formula is C17H21N3O3S3. The number of thiophene rings is 1. The summed E-state index contributed by atoms with van der Waals surface area (Å²) in [7, 11) is -3.54. The van der Waals surface area contributed by atoms with Crippen molar-refractivity contribution < 1.29 is 13.2 Å². The summed E-state index contributed by atoms with van der Waals surface area (Å²) < 4.78 is 27.8. The quantitative estimate of drug-likeness (QED) is 0.768. The summed E-state index contributed by atoms with van der Waals surface area (Å²) in [6.45, 7) is 8.10. The molecular weight excluding hydrogens is 390 g/mol. The molecule has 2 unspecified atom stereocenters. The molecule has 0 radical (unpaired) electrons. The smallest absolute Gasteiger partial charge is 0.252 e. The van der Waals surface area contributed by atoms with Crippen LogP contribution in [-0.4, -0.2) is 42.7 Å². The first-order valence-electron chi connectivity index (χ1n) is 8.26. The molecule has 1 aliphatic heterocycles. The lowest BCUT2D eigenvalue weighted by Gasteiger charge is -2.36. The first kappa shape index (κ1) is 19.2. The molecule has 0 spiro atoms. The topological polar surface area (TPSA) is 79.4 Å². The van der Waals surface area contributed by atoms with E-state index in [-0.39, 0.29) is 17.9 Å². The van der Waals surface area contributed by atoms with E-state index in [0.717, 1.165) is 15.6 Å². The maximum absolute atomic E-state index is 13.0. The van der Waals surface area contributed by atoms with Crippen molar-refractivity contribution in [3.8, 4) is 10.6 Å². The maximum atomic E-state index is 13.0. The highest BCUT2D eigenvalue weighted by molar-refractivity contribution is 7.91. The van der Waals surface area contributed by atoms with E-state index in [2.05, 4.69) is 16.9 Å². The van der Waals surface area contributed by atoms with E-state index >= 15 is 0 Å². The number of hydrogen-bond acceptors (Lipinski definition) is 6. The molecule has 6 nitrogen and oxygen atoms in total. The van der Waals surface area contributed by atoms with Crippen molar-refractivity contribution in [2.45, 2.75) is 30.5 Å². The molecule has 1 N–H and O–H groups in total. The SMILES string of the molecule is C=CC(=O)NC1CCN(S(=O)(=O)c2ccc(-c3csc(C)n3)s2)CC1C. The van der Waals surface area contributed by atoms with Gasteiger partial charge in [-0.3, -0.25) is 4.79 Å². The van der Waals surface area contributed by atoms with Crippen LogP contribution in [0.2, 0.25) is 0 Å². The Bertz CT molecular complexity index is 917. The van der Waals surface area contributed by atoms with Crippen LogP contribution >= 0.6 is 22.7 Å². The molecule has 3 rings (SSSR count). The summed E-state index contributed by atoms with van der Waals surface area (Å²) in [5.74, 6) is -0.192. The minimum Gasteiger partial charge on any atom is -0.349 e. The maximum Gasteiger partial charge on any atom is 0.252 e. The van der Waals surface area contributed by atoms with E-state index in [1.807, 2.05) is 25.3 Å². The van der Waals surface area contributed by atoms with Gasteiger partial charge < -0.3 is 5.32 Å². The van der Waals surface area contributed by atoms with Crippen molar-refractivity contribution in [1.82, 2.24) is 14.6 Å². The standard InChI is InChI=1S/C17H21N3O3S3/c1-4-16(21)19-13-7-8-20(9-11(13)2)26(22,23)17-6-5-15(25-17)14-10-24-12(3)18-14/h4-6,10-11,13H,1,7-9H2,2-3H3,(H,19,21). The lowest BCUT2D eigenvalue weighted by Crippen LogP contribution is -2.51. The van der Waals surface area contributed by atoms with E-state index in [1.165, 1.54) is 21.7 Å². The van der Waals surface area contributed by atoms with Gasteiger partial charge in [-0.1, -0.05) is 13.5 Å². The molecule has 0 aromatic carbocycles. The number of rotatable bonds is 5. The van der Waals surface area contributed by atoms with E-state index in [0.29, 0.717) is 23.7 Å². The zero-order valence-corrected chi connectivity index (χ0v) is 17.1.